The molecule has 0 spiro atoms. The Bertz CT molecular complexity index is 346. The average Bonchev–Trinajstić information content (AvgIpc) is 2.61. The number of rotatable bonds is 6. The van der Waals surface area contributed by atoms with Gasteiger partial charge >= 0.3 is 0 Å². The zero-order valence-electron chi connectivity index (χ0n) is 10.7. The van der Waals surface area contributed by atoms with Crippen molar-refractivity contribution in [2.45, 2.75) is 44.8 Å². The minimum absolute atomic E-state index is 0.186. The summed E-state index contributed by atoms with van der Waals surface area (Å²) in [6, 6.07) is 0.186. The van der Waals surface area contributed by atoms with Gasteiger partial charge in [0, 0.05) is 26.1 Å². The van der Waals surface area contributed by atoms with E-state index in [4.69, 9.17) is 10.5 Å². The number of nitrogens with two attached hydrogens (primary N) is 1. The molecular formula is C12H22N4O. The second-order valence-electron chi connectivity index (χ2n) is 4.91. The molecule has 1 unspecified atom stereocenters. The van der Waals surface area contributed by atoms with Crippen molar-refractivity contribution >= 4 is 0 Å². The van der Waals surface area contributed by atoms with Crippen LogP contribution in [0.15, 0.2) is 6.33 Å². The Hall–Kier alpha value is -0.940. The van der Waals surface area contributed by atoms with Crippen LogP contribution < -0.4 is 5.73 Å². The van der Waals surface area contributed by atoms with E-state index in [1.165, 1.54) is 12.8 Å². The number of aryl methyl sites for hydroxylation is 1. The standard InChI is InChI=1S/C12H22N4O/c1-3-17-11-5-9(6-11)4-10(13)7-12-14-8-15-16(12)2/h8-11H,3-7,13H2,1-2H3. The fraction of sp³-hybridized carbons (Fsp3) is 0.833. The molecule has 1 aliphatic carbocycles. The van der Waals surface area contributed by atoms with Crippen molar-refractivity contribution in [2.24, 2.45) is 18.7 Å². The molecule has 0 aliphatic heterocycles. The Morgan fingerprint density at radius 1 is 1.59 bits per heavy atom. The monoisotopic (exact) mass is 238 g/mol. The normalized spacial score (nSPS) is 25.6. The molecule has 0 aromatic carbocycles. The largest absolute Gasteiger partial charge is 0.378 e. The van der Waals surface area contributed by atoms with Crippen LogP contribution in [0.25, 0.3) is 0 Å². The molecule has 5 nitrogen and oxygen atoms in total. The highest BCUT2D eigenvalue weighted by Crippen LogP contribution is 2.33. The van der Waals surface area contributed by atoms with Gasteiger partial charge in [0.2, 0.25) is 0 Å². The Morgan fingerprint density at radius 3 is 2.94 bits per heavy atom. The van der Waals surface area contributed by atoms with Gasteiger partial charge in [-0.1, -0.05) is 0 Å². The van der Waals surface area contributed by atoms with Crippen LogP contribution in [0.2, 0.25) is 0 Å². The van der Waals surface area contributed by atoms with Crippen LogP contribution in [0, 0.1) is 5.92 Å². The summed E-state index contributed by atoms with van der Waals surface area (Å²) in [5.74, 6) is 1.70. The summed E-state index contributed by atoms with van der Waals surface area (Å²) < 4.78 is 7.34. The Balaban J connectivity index is 1.69. The summed E-state index contributed by atoms with van der Waals surface area (Å²) in [4.78, 5) is 4.20. The van der Waals surface area contributed by atoms with Gasteiger partial charge in [-0.25, -0.2) is 4.98 Å². The van der Waals surface area contributed by atoms with Gasteiger partial charge in [0.25, 0.3) is 0 Å². The van der Waals surface area contributed by atoms with Crippen LogP contribution in [-0.4, -0.2) is 33.5 Å². The lowest BCUT2D eigenvalue weighted by atomic mass is 9.78. The van der Waals surface area contributed by atoms with Gasteiger partial charge in [-0.3, -0.25) is 4.68 Å². The summed E-state index contributed by atoms with van der Waals surface area (Å²) in [6.45, 7) is 2.87. The van der Waals surface area contributed by atoms with Crippen molar-refractivity contribution in [1.29, 1.82) is 0 Å². The quantitative estimate of drug-likeness (QED) is 0.799. The van der Waals surface area contributed by atoms with Gasteiger partial charge in [0.05, 0.1) is 6.10 Å². The highest BCUT2D eigenvalue weighted by Gasteiger charge is 2.30. The Labute approximate surface area is 102 Å². The molecule has 96 valence electrons. The van der Waals surface area contributed by atoms with Gasteiger partial charge in [-0.2, -0.15) is 5.10 Å². The molecule has 0 amide bonds. The zero-order valence-corrected chi connectivity index (χ0v) is 10.7. The first-order chi connectivity index (χ1) is 8.19. The number of aromatic nitrogens is 3. The predicted octanol–water partition coefficient (Wildman–Crippen LogP) is 0.890. The molecule has 1 aromatic heterocycles. The maximum Gasteiger partial charge on any atom is 0.138 e. The van der Waals surface area contributed by atoms with Gasteiger partial charge in [-0.05, 0) is 32.1 Å². The van der Waals surface area contributed by atoms with E-state index in [2.05, 4.69) is 10.1 Å². The third-order valence-electron chi connectivity index (χ3n) is 3.48. The lowest BCUT2D eigenvalue weighted by Crippen LogP contribution is -2.37. The van der Waals surface area contributed by atoms with Gasteiger partial charge in [0.15, 0.2) is 0 Å². The molecule has 1 aromatic rings. The van der Waals surface area contributed by atoms with Gasteiger partial charge in [-0.15, -0.1) is 0 Å². The lowest BCUT2D eigenvalue weighted by Gasteiger charge is -2.36. The van der Waals surface area contributed by atoms with Crippen LogP contribution >= 0.6 is 0 Å². The second kappa shape index (κ2) is 5.60. The summed E-state index contributed by atoms with van der Waals surface area (Å²) in [7, 11) is 1.91. The summed E-state index contributed by atoms with van der Waals surface area (Å²) in [5.41, 5.74) is 6.14. The first-order valence-corrected chi connectivity index (χ1v) is 6.39. The van der Waals surface area contributed by atoms with E-state index >= 15 is 0 Å². The zero-order chi connectivity index (χ0) is 12.3. The minimum atomic E-state index is 0.186. The van der Waals surface area contributed by atoms with E-state index < -0.39 is 0 Å². The highest BCUT2D eigenvalue weighted by atomic mass is 16.5. The van der Waals surface area contributed by atoms with E-state index in [1.54, 1.807) is 11.0 Å². The molecule has 2 rings (SSSR count). The lowest BCUT2D eigenvalue weighted by molar-refractivity contribution is -0.0281. The van der Waals surface area contributed by atoms with Crippen molar-refractivity contribution in [3.8, 4) is 0 Å². The molecule has 1 saturated carbocycles. The fourth-order valence-electron chi connectivity index (χ4n) is 2.49. The average molecular weight is 238 g/mol. The number of hydrogen-bond acceptors (Lipinski definition) is 4. The Kier molecular flexibility index (Phi) is 4.12. The van der Waals surface area contributed by atoms with Crippen molar-refractivity contribution in [3.63, 3.8) is 0 Å². The highest BCUT2D eigenvalue weighted by molar-refractivity contribution is 4.90. The Morgan fingerprint density at radius 2 is 2.35 bits per heavy atom. The van der Waals surface area contributed by atoms with E-state index in [0.717, 1.165) is 31.2 Å². The molecular weight excluding hydrogens is 216 g/mol. The molecule has 0 bridgehead atoms. The van der Waals surface area contributed by atoms with Crippen LogP contribution in [0.3, 0.4) is 0 Å². The van der Waals surface area contributed by atoms with Crippen molar-refractivity contribution < 1.29 is 4.74 Å². The maximum atomic E-state index is 6.14. The van der Waals surface area contributed by atoms with Crippen LogP contribution in [-0.2, 0) is 18.2 Å². The molecule has 1 atom stereocenters. The number of ether oxygens (including phenoxy) is 1. The van der Waals surface area contributed by atoms with Crippen LogP contribution in [0.4, 0.5) is 0 Å². The molecule has 0 saturated heterocycles. The molecule has 0 radical (unpaired) electrons. The molecule has 1 aliphatic rings. The fourth-order valence-corrected chi connectivity index (χ4v) is 2.49. The van der Waals surface area contributed by atoms with Crippen LogP contribution in [0.5, 0.6) is 0 Å². The summed E-state index contributed by atoms with van der Waals surface area (Å²) in [5, 5.41) is 4.05. The first-order valence-electron chi connectivity index (χ1n) is 6.39. The van der Waals surface area contributed by atoms with Crippen LogP contribution in [0.1, 0.15) is 32.0 Å². The molecule has 2 N–H and O–H groups in total. The third-order valence-corrected chi connectivity index (χ3v) is 3.48. The van der Waals surface area contributed by atoms with E-state index in [9.17, 15) is 0 Å². The molecule has 1 fully saturated rings. The maximum absolute atomic E-state index is 6.14. The molecule has 5 heteroatoms. The molecule has 1 heterocycles. The summed E-state index contributed by atoms with van der Waals surface area (Å²) in [6.07, 6.45) is 6.27. The van der Waals surface area contributed by atoms with E-state index in [-0.39, 0.29) is 6.04 Å². The predicted molar refractivity (Wildman–Crippen MR) is 65.4 cm³/mol. The van der Waals surface area contributed by atoms with Crippen molar-refractivity contribution in [1.82, 2.24) is 14.8 Å². The van der Waals surface area contributed by atoms with Gasteiger partial charge in [0.1, 0.15) is 12.2 Å². The topological polar surface area (TPSA) is 66.0 Å². The minimum Gasteiger partial charge on any atom is -0.378 e. The number of nitrogens with zero attached hydrogens (tertiary/aromatic N) is 3. The van der Waals surface area contributed by atoms with Crippen molar-refractivity contribution in [3.05, 3.63) is 12.2 Å². The first kappa shape index (κ1) is 12.5. The van der Waals surface area contributed by atoms with Crippen molar-refractivity contribution in [2.75, 3.05) is 6.61 Å². The molecule has 17 heavy (non-hydrogen) atoms. The van der Waals surface area contributed by atoms with Gasteiger partial charge < -0.3 is 10.5 Å². The van der Waals surface area contributed by atoms with E-state index in [0.29, 0.717) is 6.10 Å². The number of hydrogen-bond donors (Lipinski definition) is 1. The third kappa shape index (κ3) is 3.26. The SMILES string of the molecule is CCOC1CC(CC(N)Cc2ncnn2C)C1. The van der Waals surface area contributed by atoms with E-state index in [1.807, 2.05) is 14.0 Å². The smallest absolute Gasteiger partial charge is 0.138 e. The summed E-state index contributed by atoms with van der Waals surface area (Å²) >= 11 is 0. The second-order valence-corrected chi connectivity index (χ2v) is 4.91.